The first-order valence-electron chi connectivity index (χ1n) is 9.63. The second-order valence-electron chi connectivity index (χ2n) is 6.83. The minimum Gasteiger partial charge on any atom is -0.490 e. The Morgan fingerprint density at radius 2 is 2.04 bits per heavy atom. The molecule has 1 aromatic carbocycles. The summed E-state index contributed by atoms with van der Waals surface area (Å²) in [6.45, 7) is 8.17. The number of aromatic nitrogens is 1. The summed E-state index contributed by atoms with van der Waals surface area (Å²) in [5, 5.41) is 2.16. The van der Waals surface area contributed by atoms with Crippen LogP contribution >= 0.6 is 23.4 Å². The van der Waals surface area contributed by atoms with E-state index in [0.29, 0.717) is 35.0 Å². The molecule has 0 N–H and O–H groups in total. The topological polar surface area (TPSA) is 47.0 Å². The van der Waals surface area contributed by atoms with Crippen LogP contribution in [-0.4, -0.2) is 40.1 Å². The van der Waals surface area contributed by atoms with Gasteiger partial charge in [-0.2, -0.15) is 0 Å². The molecule has 0 aliphatic carbocycles. The van der Waals surface area contributed by atoms with E-state index >= 15 is 0 Å². The van der Waals surface area contributed by atoms with Gasteiger partial charge in [0, 0.05) is 18.0 Å². The fourth-order valence-electron chi connectivity index (χ4n) is 3.78. The van der Waals surface area contributed by atoms with Crippen molar-refractivity contribution < 1.29 is 9.47 Å². The van der Waals surface area contributed by atoms with E-state index in [4.69, 9.17) is 26.1 Å². The van der Waals surface area contributed by atoms with Crippen LogP contribution in [0.5, 0.6) is 11.5 Å². The Morgan fingerprint density at radius 1 is 1.21 bits per heavy atom. The molecule has 3 heterocycles. The number of hydrogen-bond acceptors (Lipinski definition) is 6. The fraction of sp³-hybridized carbons (Fsp3) is 0.429. The molecule has 0 amide bonds. The van der Waals surface area contributed by atoms with Crippen LogP contribution in [-0.2, 0) is 0 Å². The number of pyridine rings is 1. The van der Waals surface area contributed by atoms with E-state index in [2.05, 4.69) is 16.8 Å². The maximum atomic E-state index is 6.61. The highest BCUT2D eigenvalue weighted by atomic mass is 35.5. The number of benzene rings is 1. The Labute approximate surface area is 175 Å². The van der Waals surface area contributed by atoms with Crippen LogP contribution in [0.3, 0.4) is 0 Å². The number of ether oxygens (including phenoxy) is 2. The van der Waals surface area contributed by atoms with Gasteiger partial charge in [-0.15, -0.1) is 0 Å². The van der Waals surface area contributed by atoms with Gasteiger partial charge in [-0.3, -0.25) is 9.98 Å². The molecule has 148 valence electrons. The Hall–Kier alpha value is -1.92. The van der Waals surface area contributed by atoms with Gasteiger partial charge in [-0.1, -0.05) is 36.4 Å². The normalized spacial score (nSPS) is 23.5. The van der Waals surface area contributed by atoms with Crippen molar-refractivity contribution in [3.05, 3.63) is 52.8 Å². The minimum absolute atomic E-state index is 0.0368. The lowest BCUT2D eigenvalue weighted by molar-refractivity contribution is 0.284. The van der Waals surface area contributed by atoms with Crippen molar-refractivity contribution in [2.24, 2.45) is 4.99 Å². The molecule has 0 radical (unpaired) electrons. The molecule has 0 saturated carbocycles. The third kappa shape index (κ3) is 3.55. The van der Waals surface area contributed by atoms with Crippen LogP contribution in [0.1, 0.15) is 44.1 Å². The maximum Gasteiger partial charge on any atom is 0.179 e. The third-order valence-corrected chi connectivity index (χ3v) is 6.23. The number of hydrogen-bond donors (Lipinski definition) is 0. The molecular formula is C21H24ClN3O2S. The van der Waals surface area contributed by atoms with Crippen molar-refractivity contribution in [1.82, 2.24) is 9.88 Å². The average Bonchev–Trinajstić information content (AvgIpc) is 3.21. The SMILES string of the molecule is CCOc1cc([C@H]2[C@@H](c3ccccn3)N=C3S[C@@H](C)CN32)cc(Cl)c1OCC. The molecule has 2 aromatic rings. The first-order chi connectivity index (χ1) is 13.6. The average molecular weight is 418 g/mol. The predicted molar refractivity (Wildman–Crippen MR) is 115 cm³/mol. The number of amidine groups is 1. The first kappa shape index (κ1) is 19.4. The molecule has 1 fully saturated rings. The van der Waals surface area contributed by atoms with Gasteiger partial charge in [0.2, 0.25) is 0 Å². The molecule has 4 rings (SSSR count). The molecule has 7 heteroatoms. The van der Waals surface area contributed by atoms with Crippen molar-refractivity contribution >= 4 is 28.5 Å². The molecule has 0 spiro atoms. The maximum absolute atomic E-state index is 6.61. The molecular weight excluding hydrogens is 394 g/mol. The first-order valence-corrected chi connectivity index (χ1v) is 10.9. The van der Waals surface area contributed by atoms with Gasteiger partial charge in [-0.25, -0.2) is 0 Å². The molecule has 2 aliphatic rings. The summed E-state index contributed by atoms with van der Waals surface area (Å²) < 4.78 is 11.6. The van der Waals surface area contributed by atoms with Crippen LogP contribution in [0, 0.1) is 0 Å². The van der Waals surface area contributed by atoms with E-state index in [1.54, 1.807) is 0 Å². The molecule has 1 saturated heterocycles. The van der Waals surface area contributed by atoms with Gasteiger partial charge in [0.1, 0.15) is 6.04 Å². The van der Waals surface area contributed by atoms with Crippen molar-refractivity contribution in [1.29, 1.82) is 0 Å². The summed E-state index contributed by atoms with van der Waals surface area (Å²) in [6, 6.07) is 9.98. The zero-order valence-electron chi connectivity index (χ0n) is 16.3. The molecule has 3 atom stereocenters. The number of rotatable bonds is 6. The summed E-state index contributed by atoms with van der Waals surface area (Å²) in [5.41, 5.74) is 2.03. The number of halogens is 1. The van der Waals surface area contributed by atoms with E-state index in [1.807, 2.05) is 62.1 Å². The third-order valence-electron chi connectivity index (χ3n) is 4.84. The second kappa shape index (κ2) is 8.21. The zero-order valence-corrected chi connectivity index (χ0v) is 17.8. The quantitative estimate of drug-likeness (QED) is 0.652. The van der Waals surface area contributed by atoms with Gasteiger partial charge in [0.25, 0.3) is 0 Å². The zero-order chi connectivity index (χ0) is 19.7. The smallest absolute Gasteiger partial charge is 0.179 e. The molecule has 5 nitrogen and oxygen atoms in total. The van der Waals surface area contributed by atoms with Gasteiger partial charge >= 0.3 is 0 Å². The van der Waals surface area contributed by atoms with Gasteiger partial charge in [-0.05, 0) is 43.7 Å². The minimum atomic E-state index is -0.0697. The largest absolute Gasteiger partial charge is 0.490 e. The van der Waals surface area contributed by atoms with E-state index in [9.17, 15) is 0 Å². The standard InChI is InChI=1S/C21H24ClN3O2S/c1-4-26-17-11-14(10-15(22)20(17)27-5-2)19-18(16-8-6-7-9-23-16)24-21-25(19)12-13(3)28-21/h6-11,13,18-19H,4-5,12H2,1-3H3/t13-,18+,19-/m0/s1. The highest BCUT2D eigenvalue weighted by Gasteiger charge is 2.44. The summed E-state index contributed by atoms with van der Waals surface area (Å²) >= 11 is 8.43. The summed E-state index contributed by atoms with van der Waals surface area (Å²) in [4.78, 5) is 12.0. The Morgan fingerprint density at radius 3 is 2.75 bits per heavy atom. The highest BCUT2D eigenvalue weighted by Crippen LogP contribution is 2.49. The summed E-state index contributed by atoms with van der Waals surface area (Å²) in [7, 11) is 0. The number of fused-ring (bicyclic) bond motifs is 1. The monoisotopic (exact) mass is 417 g/mol. The van der Waals surface area contributed by atoms with E-state index < -0.39 is 0 Å². The molecule has 0 bridgehead atoms. The van der Waals surface area contributed by atoms with Gasteiger partial charge in [0.15, 0.2) is 16.7 Å². The van der Waals surface area contributed by atoms with Crippen LogP contribution in [0.4, 0.5) is 0 Å². The van der Waals surface area contributed by atoms with Crippen molar-refractivity contribution in [3.63, 3.8) is 0 Å². The number of aliphatic imine (C=N–C) groups is 1. The lowest BCUT2D eigenvalue weighted by Crippen LogP contribution is -2.28. The predicted octanol–water partition coefficient (Wildman–Crippen LogP) is 5.12. The molecule has 1 aromatic heterocycles. The summed E-state index contributed by atoms with van der Waals surface area (Å²) in [5.74, 6) is 1.28. The Balaban J connectivity index is 1.79. The van der Waals surface area contributed by atoms with Crippen LogP contribution in [0.2, 0.25) is 5.02 Å². The second-order valence-corrected chi connectivity index (χ2v) is 8.65. The van der Waals surface area contributed by atoms with E-state index in [0.717, 1.165) is 23.0 Å². The van der Waals surface area contributed by atoms with Crippen molar-refractivity contribution in [3.8, 4) is 11.5 Å². The lowest BCUT2D eigenvalue weighted by atomic mass is 9.96. The van der Waals surface area contributed by atoms with Crippen LogP contribution in [0.15, 0.2) is 41.5 Å². The van der Waals surface area contributed by atoms with Crippen molar-refractivity contribution in [2.75, 3.05) is 19.8 Å². The van der Waals surface area contributed by atoms with E-state index in [1.165, 1.54) is 0 Å². The molecule has 0 unspecified atom stereocenters. The van der Waals surface area contributed by atoms with Gasteiger partial charge in [0.05, 0.1) is 30.0 Å². The van der Waals surface area contributed by atoms with Crippen LogP contribution in [0.25, 0.3) is 0 Å². The fourth-order valence-corrected chi connectivity index (χ4v) is 5.15. The van der Waals surface area contributed by atoms with Crippen molar-refractivity contribution in [2.45, 2.75) is 38.1 Å². The molecule has 28 heavy (non-hydrogen) atoms. The Kier molecular flexibility index (Phi) is 5.69. The highest BCUT2D eigenvalue weighted by molar-refractivity contribution is 8.14. The summed E-state index contributed by atoms with van der Waals surface area (Å²) in [6.07, 6.45) is 1.82. The molecule has 2 aliphatic heterocycles. The lowest BCUT2D eigenvalue weighted by Gasteiger charge is -2.28. The van der Waals surface area contributed by atoms with Crippen LogP contribution < -0.4 is 9.47 Å². The number of nitrogens with zero attached hydrogens (tertiary/aromatic N) is 3. The van der Waals surface area contributed by atoms with Gasteiger partial charge < -0.3 is 14.4 Å². The van der Waals surface area contributed by atoms with E-state index in [-0.39, 0.29) is 12.1 Å². The Bertz CT molecular complexity index is 877. The number of thioether (sulfide) groups is 1.